The van der Waals surface area contributed by atoms with Crippen molar-refractivity contribution in [2.24, 2.45) is 0 Å². The number of carbonyl (C=O) groups is 2. The van der Waals surface area contributed by atoms with Crippen LogP contribution in [0.2, 0.25) is 0 Å². The zero-order valence-electron chi connectivity index (χ0n) is 11.3. The molecule has 2 aromatic rings. The molecule has 116 valence electrons. The summed E-state index contributed by atoms with van der Waals surface area (Å²) in [6, 6.07) is 2.47. The van der Waals surface area contributed by atoms with Gasteiger partial charge in [-0.05, 0) is 19.1 Å². The van der Waals surface area contributed by atoms with E-state index in [1.165, 1.54) is 6.07 Å². The van der Waals surface area contributed by atoms with Crippen molar-refractivity contribution in [1.82, 2.24) is 9.55 Å². The molecule has 1 aromatic heterocycles. The first kappa shape index (κ1) is 14.8. The number of aliphatic hydroxyl groups excluding tert-OH is 1. The maximum Gasteiger partial charge on any atom is 0.338 e. The van der Waals surface area contributed by atoms with Crippen LogP contribution in [0.5, 0.6) is 0 Å². The zero-order valence-corrected chi connectivity index (χ0v) is 12.1. The van der Waals surface area contributed by atoms with Crippen molar-refractivity contribution in [3.8, 4) is 0 Å². The van der Waals surface area contributed by atoms with Crippen LogP contribution in [0.4, 0.5) is 4.39 Å². The van der Waals surface area contributed by atoms with Crippen molar-refractivity contribution in [2.75, 3.05) is 6.61 Å². The van der Waals surface area contributed by atoms with Gasteiger partial charge in [-0.15, -0.1) is 0 Å². The molecule has 0 spiro atoms. The number of carboxylic acids is 1. The number of nitrogens with zero attached hydrogens (tertiary/aromatic N) is 2. The number of halogens is 1. The second kappa shape index (κ2) is 5.25. The van der Waals surface area contributed by atoms with Gasteiger partial charge in [0.15, 0.2) is 22.5 Å². The minimum atomic E-state index is -1.42. The Morgan fingerprint density at radius 1 is 1.50 bits per heavy atom. The highest BCUT2D eigenvalue weighted by Gasteiger charge is 2.41. The second-order valence-electron chi connectivity index (χ2n) is 4.57. The summed E-state index contributed by atoms with van der Waals surface area (Å²) in [5.74, 6) is -3.04. The number of aromatic nitrogens is 2. The van der Waals surface area contributed by atoms with Gasteiger partial charge in [0.1, 0.15) is 5.52 Å². The number of hydrogen-bond donors (Lipinski definition) is 2. The van der Waals surface area contributed by atoms with Gasteiger partial charge in [-0.3, -0.25) is 9.36 Å². The van der Waals surface area contributed by atoms with E-state index in [0.717, 1.165) is 22.4 Å². The van der Waals surface area contributed by atoms with E-state index in [1.54, 1.807) is 6.92 Å². The Balaban J connectivity index is 2.12. The number of carbonyl (C=O) groups excluding carboxylic acids is 1. The van der Waals surface area contributed by atoms with E-state index in [-0.39, 0.29) is 22.8 Å². The molecule has 22 heavy (non-hydrogen) atoms. The van der Waals surface area contributed by atoms with Gasteiger partial charge < -0.3 is 14.9 Å². The van der Waals surface area contributed by atoms with Gasteiger partial charge in [0.25, 0.3) is 0 Å². The number of carboxylic acid groups (broad SMARTS) is 1. The number of imidazole rings is 1. The van der Waals surface area contributed by atoms with Crippen molar-refractivity contribution in [3.05, 3.63) is 23.5 Å². The van der Waals surface area contributed by atoms with Crippen LogP contribution >= 0.6 is 11.8 Å². The molecule has 7 nitrogen and oxygen atoms in total. The minimum absolute atomic E-state index is 0.137. The number of hydrogen-bond acceptors (Lipinski definition) is 6. The number of fused-ring (bicyclic) bond motifs is 3. The van der Waals surface area contributed by atoms with Crippen molar-refractivity contribution >= 4 is 34.7 Å². The number of benzene rings is 1. The summed E-state index contributed by atoms with van der Waals surface area (Å²) in [5, 5.41) is 18.5. The maximum absolute atomic E-state index is 14.4. The lowest BCUT2D eigenvalue weighted by atomic mass is 10.2. The van der Waals surface area contributed by atoms with Gasteiger partial charge in [-0.25, -0.2) is 14.2 Å². The molecule has 2 unspecified atom stereocenters. The Bertz CT molecular complexity index is 790. The second-order valence-corrected chi connectivity index (χ2v) is 5.68. The van der Waals surface area contributed by atoms with E-state index in [2.05, 4.69) is 4.98 Å². The van der Waals surface area contributed by atoms with Gasteiger partial charge >= 0.3 is 11.9 Å². The number of thioether (sulfide) groups is 1. The lowest BCUT2D eigenvalue weighted by Crippen LogP contribution is -2.26. The molecule has 2 N–H and O–H groups in total. The molecule has 3 rings (SSSR count). The molecule has 0 amide bonds. The fourth-order valence-corrected chi connectivity index (χ4v) is 3.42. The van der Waals surface area contributed by atoms with Crippen LogP contribution in [-0.2, 0) is 9.53 Å². The first-order valence-electron chi connectivity index (χ1n) is 6.40. The minimum Gasteiger partial charge on any atom is -0.478 e. The third-order valence-corrected chi connectivity index (χ3v) is 4.46. The standard InChI is InChI=1S/C13H11FN2O5S/c1-2-21-12(20)9-10(17)16-8-6(15-13(16)22-9)4-3-5(7(8)14)11(18)19/h3-4,9-10,17H,2H2,1H3,(H,18,19). The van der Waals surface area contributed by atoms with E-state index in [4.69, 9.17) is 9.84 Å². The SMILES string of the molecule is CCOC(=O)C1Sc2nc3ccc(C(=O)O)c(F)c3n2C1O. The van der Waals surface area contributed by atoms with Crippen molar-refractivity contribution in [2.45, 2.75) is 23.6 Å². The summed E-state index contributed by atoms with van der Waals surface area (Å²) in [6.07, 6.45) is -1.37. The van der Waals surface area contributed by atoms with Crippen molar-refractivity contribution in [1.29, 1.82) is 0 Å². The van der Waals surface area contributed by atoms with Crippen LogP contribution in [0.3, 0.4) is 0 Å². The van der Waals surface area contributed by atoms with Gasteiger partial charge in [0.05, 0.1) is 17.7 Å². The quantitative estimate of drug-likeness (QED) is 0.822. The highest BCUT2D eigenvalue weighted by molar-refractivity contribution is 8.00. The topological polar surface area (TPSA) is 102 Å². The molecule has 0 aliphatic carbocycles. The van der Waals surface area contributed by atoms with Gasteiger partial charge in [0.2, 0.25) is 0 Å². The molecule has 0 bridgehead atoms. The van der Waals surface area contributed by atoms with Gasteiger partial charge in [-0.2, -0.15) is 0 Å². The Hall–Kier alpha value is -2.13. The fourth-order valence-electron chi connectivity index (χ4n) is 2.32. The predicted octanol–water partition coefficient (Wildman–Crippen LogP) is 1.40. The van der Waals surface area contributed by atoms with Crippen LogP contribution in [0.1, 0.15) is 23.5 Å². The van der Waals surface area contributed by atoms with Gasteiger partial charge in [-0.1, -0.05) is 11.8 Å². The summed E-state index contributed by atoms with van der Waals surface area (Å²) in [6.45, 7) is 1.79. The predicted molar refractivity (Wildman–Crippen MR) is 74.2 cm³/mol. The molecule has 0 fully saturated rings. The van der Waals surface area contributed by atoms with Crippen LogP contribution in [0.15, 0.2) is 17.3 Å². The Morgan fingerprint density at radius 2 is 2.23 bits per heavy atom. The molecular weight excluding hydrogens is 315 g/mol. The summed E-state index contributed by atoms with van der Waals surface area (Å²) in [4.78, 5) is 26.9. The number of aromatic carboxylic acids is 1. The average molecular weight is 326 g/mol. The Labute approximate surface area is 127 Å². The van der Waals surface area contributed by atoms with Gasteiger partial charge in [0, 0.05) is 0 Å². The molecule has 2 atom stereocenters. The maximum atomic E-state index is 14.4. The third kappa shape index (κ3) is 2.04. The van der Waals surface area contributed by atoms with E-state index in [1.807, 2.05) is 0 Å². The molecule has 0 saturated carbocycles. The highest BCUT2D eigenvalue weighted by Crippen LogP contribution is 2.42. The lowest BCUT2D eigenvalue weighted by molar-refractivity contribution is -0.145. The lowest BCUT2D eigenvalue weighted by Gasteiger charge is -2.14. The van der Waals surface area contributed by atoms with Crippen LogP contribution in [0.25, 0.3) is 11.0 Å². The summed E-state index contributed by atoms with van der Waals surface area (Å²) >= 11 is 0.954. The molecule has 0 saturated heterocycles. The van der Waals surface area contributed by atoms with Crippen LogP contribution in [0, 0.1) is 5.82 Å². The first-order chi connectivity index (χ1) is 10.5. The third-order valence-electron chi connectivity index (χ3n) is 3.27. The summed E-state index contributed by atoms with van der Waals surface area (Å²) in [7, 11) is 0. The first-order valence-corrected chi connectivity index (χ1v) is 7.28. The molecule has 1 aliphatic heterocycles. The molecule has 1 aliphatic rings. The average Bonchev–Trinajstić information content (AvgIpc) is 2.96. The van der Waals surface area contributed by atoms with E-state index in [0.29, 0.717) is 0 Å². The number of rotatable bonds is 3. The molecular formula is C13H11FN2O5S. The zero-order chi connectivity index (χ0) is 16.0. The van der Waals surface area contributed by atoms with E-state index >= 15 is 0 Å². The molecule has 1 aromatic carbocycles. The number of ether oxygens (including phenoxy) is 1. The normalized spacial score (nSPS) is 20.1. The monoisotopic (exact) mass is 326 g/mol. The Morgan fingerprint density at radius 3 is 2.86 bits per heavy atom. The van der Waals surface area contributed by atoms with E-state index in [9.17, 15) is 19.1 Å². The van der Waals surface area contributed by atoms with E-state index < -0.39 is 34.8 Å². The number of esters is 1. The van der Waals surface area contributed by atoms with Crippen LogP contribution < -0.4 is 0 Å². The van der Waals surface area contributed by atoms with Crippen molar-refractivity contribution in [3.63, 3.8) is 0 Å². The summed E-state index contributed by atoms with van der Waals surface area (Å²) in [5.41, 5.74) is -0.444. The van der Waals surface area contributed by atoms with Crippen LogP contribution in [-0.4, -0.2) is 43.6 Å². The Kier molecular flexibility index (Phi) is 3.53. The summed E-state index contributed by atoms with van der Waals surface area (Å²) < 4.78 is 20.4. The fraction of sp³-hybridized carbons (Fsp3) is 0.308. The molecule has 2 heterocycles. The molecule has 9 heteroatoms. The highest BCUT2D eigenvalue weighted by atomic mass is 32.2. The smallest absolute Gasteiger partial charge is 0.338 e. The van der Waals surface area contributed by atoms with Crippen molar-refractivity contribution < 1.29 is 28.9 Å². The number of aliphatic hydroxyl groups is 1. The molecule has 0 radical (unpaired) electrons. The largest absolute Gasteiger partial charge is 0.478 e.